The first-order chi connectivity index (χ1) is 7.29. The number of aromatic carboxylic acids is 2. The van der Waals surface area contributed by atoms with Gasteiger partial charge in [-0.05, 0) is 90.4 Å². The summed E-state index contributed by atoms with van der Waals surface area (Å²) >= 11 is 7.45. The largest absolute Gasteiger partial charge is 0.478 e. The van der Waals surface area contributed by atoms with Crippen molar-refractivity contribution in [3.8, 4) is 0 Å². The summed E-state index contributed by atoms with van der Waals surface area (Å²) in [5.41, 5.74) is 0.333. The van der Waals surface area contributed by atoms with Crippen LogP contribution in [0.3, 0.4) is 0 Å². The quantitative estimate of drug-likeness (QED) is 0.278. The first kappa shape index (κ1) is 18.6. The number of hydrogen-bond acceptors (Lipinski definition) is 2. The average molecular weight is 728 g/mol. The van der Waals surface area contributed by atoms with Gasteiger partial charge < -0.3 is 10.2 Å². The zero-order chi connectivity index (χ0) is 12.6. The average Bonchev–Trinajstić information content (AvgIpc) is 2.14. The Morgan fingerprint density at radius 2 is 0.882 bits per heavy atom. The molecule has 96 valence electrons. The van der Waals surface area contributed by atoms with Gasteiger partial charge in [0.25, 0.3) is 0 Å². The van der Waals surface area contributed by atoms with E-state index in [0.717, 1.165) is 0 Å². The van der Waals surface area contributed by atoms with E-state index in [1.54, 1.807) is 0 Å². The number of hydrogen-bond donors (Lipinski definition) is 2. The fourth-order valence-corrected chi connectivity index (χ4v) is 5.12. The van der Waals surface area contributed by atoms with Crippen molar-refractivity contribution in [1.82, 2.24) is 0 Å². The van der Waals surface area contributed by atoms with Crippen LogP contribution < -0.4 is 0 Å². The van der Waals surface area contributed by atoms with Gasteiger partial charge in [0.15, 0.2) is 0 Å². The molecule has 9 heteroatoms. The molecule has 0 radical (unpaired) electrons. The summed E-state index contributed by atoms with van der Waals surface area (Å²) in [5, 5.41) is 18.1. The standard InChI is InChI=1S/C8H2I4O4.Ni/c9-3-1(7(13)14)4(10)6(12)2(5(3)11)8(15)16;/h(H,13,14)(H,15,16);. The monoisotopic (exact) mass is 728 g/mol. The molecule has 0 saturated heterocycles. The van der Waals surface area contributed by atoms with Crippen molar-refractivity contribution in [1.29, 1.82) is 0 Å². The maximum atomic E-state index is 11.1. The minimum Gasteiger partial charge on any atom is -0.478 e. The third kappa shape index (κ3) is 3.78. The Bertz CT molecular complexity index is 429. The SMILES string of the molecule is O=C(O)c1c(I)c(I)c(C(=O)O)c(I)c1I.[Ni]. The first-order valence-corrected chi connectivity index (χ1v) is 7.93. The molecule has 0 saturated carbocycles. The first-order valence-electron chi connectivity index (χ1n) is 3.61. The molecule has 0 unspecified atom stereocenters. The van der Waals surface area contributed by atoms with E-state index in [4.69, 9.17) is 10.2 Å². The number of carboxylic acid groups (broad SMARTS) is 2. The second kappa shape index (κ2) is 7.38. The van der Waals surface area contributed by atoms with E-state index in [1.807, 2.05) is 90.4 Å². The zero-order valence-electron chi connectivity index (χ0n) is 7.54. The van der Waals surface area contributed by atoms with Crippen LogP contribution >= 0.6 is 90.4 Å². The van der Waals surface area contributed by atoms with Crippen LogP contribution in [-0.4, -0.2) is 22.2 Å². The molecule has 0 fully saturated rings. The van der Waals surface area contributed by atoms with E-state index in [9.17, 15) is 9.59 Å². The topological polar surface area (TPSA) is 74.6 Å². The van der Waals surface area contributed by atoms with Crippen molar-refractivity contribution < 1.29 is 36.3 Å². The Kier molecular flexibility index (Phi) is 8.06. The third-order valence-electron chi connectivity index (χ3n) is 1.69. The molecule has 0 amide bonds. The van der Waals surface area contributed by atoms with Gasteiger partial charge in [-0.1, -0.05) is 0 Å². The molecule has 0 aliphatic heterocycles. The second-order valence-corrected chi connectivity index (χ2v) is 6.93. The molecule has 1 aromatic carbocycles. The van der Waals surface area contributed by atoms with Crippen LogP contribution in [0.1, 0.15) is 20.7 Å². The number of carbonyl (C=O) groups is 2. The van der Waals surface area contributed by atoms with Crippen LogP contribution in [-0.2, 0) is 16.5 Å². The Morgan fingerprint density at radius 3 is 1.00 bits per heavy atom. The molecular weight excluding hydrogens is 726 g/mol. The molecule has 17 heavy (non-hydrogen) atoms. The van der Waals surface area contributed by atoms with Gasteiger partial charge in [-0.15, -0.1) is 0 Å². The third-order valence-corrected chi connectivity index (χ3v) is 8.07. The predicted molar refractivity (Wildman–Crippen MR) is 91.2 cm³/mol. The van der Waals surface area contributed by atoms with Crippen LogP contribution in [0.4, 0.5) is 0 Å². The molecule has 4 nitrogen and oxygen atoms in total. The van der Waals surface area contributed by atoms with Gasteiger partial charge in [-0.3, -0.25) is 0 Å². The fraction of sp³-hybridized carbons (Fsp3) is 0. The Morgan fingerprint density at radius 1 is 0.706 bits per heavy atom. The maximum Gasteiger partial charge on any atom is 0.337 e. The number of carboxylic acids is 2. The summed E-state index contributed by atoms with van der Waals surface area (Å²) in [6, 6.07) is 0. The molecular formula is C8H2I4NiO4. The summed E-state index contributed by atoms with van der Waals surface area (Å²) in [5.74, 6) is -2.08. The van der Waals surface area contributed by atoms with Gasteiger partial charge in [-0.25, -0.2) is 9.59 Å². The van der Waals surface area contributed by atoms with Crippen LogP contribution in [0.2, 0.25) is 0 Å². The van der Waals surface area contributed by atoms with Gasteiger partial charge >= 0.3 is 11.9 Å². The van der Waals surface area contributed by atoms with E-state index in [-0.39, 0.29) is 27.6 Å². The summed E-state index contributed by atoms with van der Waals surface area (Å²) in [6.07, 6.45) is 0. The van der Waals surface area contributed by atoms with E-state index in [2.05, 4.69) is 0 Å². The van der Waals surface area contributed by atoms with Crippen molar-refractivity contribution >= 4 is 102 Å². The molecule has 0 heterocycles. The van der Waals surface area contributed by atoms with Gasteiger partial charge in [-0.2, -0.15) is 0 Å². The Labute approximate surface area is 161 Å². The van der Waals surface area contributed by atoms with Crippen molar-refractivity contribution in [3.63, 3.8) is 0 Å². The zero-order valence-corrected chi connectivity index (χ0v) is 17.2. The number of halogens is 4. The van der Waals surface area contributed by atoms with E-state index in [0.29, 0.717) is 14.3 Å². The number of benzene rings is 1. The van der Waals surface area contributed by atoms with Gasteiger partial charge in [0.05, 0.1) is 11.1 Å². The van der Waals surface area contributed by atoms with E-state index >= 15 is 0 Å². The summed E-state index contributed by atoms with van der Waals surface area (Å²) in [6.45, 7) is 0. The van der Waals surface area contributed by atoms with Crippen molar-refractivity contribution in [3.05, 3.63) is 25.4 Å². The molecule has 0 aliphatic carbocycles. The summed E-state index contributed by atoms with van der Waals surface area (Å²) < 4.78 is 1.86. The van der Waals surface area contributed by atoms with Crippen LogP contribution in [0.5, 0.6) is 0 Å². The molecule has 0 aliphatic rings. The molecule has 0 atom stereocenters. The van der Waals surface area contributed by atoms with Crippen LogP contribution in [0.15, 0.2) is 0 Å². The molecule has 1 rings (SSSR count). The van der Waals surface area contributed by atoms with Crippen molar-refractivity contribution in [2.75, 3.05) is 0 Å². The van der Waals surface area contributed by atoms with Crippen LogP contribution in [0.25, 0.3) is 0 Å². The molecule has 2 N–H and O–H groups in total. The smallest absolute Gasteiger partial charge is 0.337 e. The van der Waals surface area contributed by atoms with E-state index < -0.39 is 11.9 Å². The normalized spacial score (nSPS) is 9.65. The van der Waals surface area contributed by atoms with Gasteiger partial charge in [0, 0.05) is 30.8 Å². The Balaban J connectivity index is 0.00000256. The molecule has 1 aromatic rings. The van der Waals surface area contributed by atoms with Gasteiger partial charge in [0.1, 0.15) is 0 Å². The minimum atomic E-state index is -1.04. The maximum absolute atomic E-state index is 11.1. The van der Waals surface area contributed by atoms with Crippen LogP contribution in [0, 0.1) is 14.3 Å². The summed E-state index contributed by atoms with van der Waals surface area (Å²) in [4.78, 5) is 22.1. The Hall–Kier alpha value is 1.57. The fourth-order valence-electron chi connectivity index (χ4n) is 1.01. The second-order valence-electron chi connectivity index (χ2n) is 2.62. The number of rotatable bonds is 2. The van der Waals surface area contributed by atoms with Crippen molar-refractivity contribution in [2.45, 2.75) is 0 Å². The predicted octanol–water partition coefficient (Wildman–Crippen LogP) is 3.50. The van der Waals surface area contributed by atoms with E-state index in [1.165, 1.54) is 0 Å². The summed E-state index contributed by atoms with van der Waals surface area (Å²) in [7, 11) is 0. The van der Waals surface area contributed by atoms with Crippen molar-refractivity contribution in [2.24, 2.45) is 0 Å². The molecule has 0 spiro atoms. The minimum absolute atomic E-state index is 0. The molecule has 0 aromatic heterocycles. The molecule has 0 bridgehead atoms. The van der Waals surface area contributed by atoms with Gasteiger partial charge in [0.2, 0.25) is 0 Å².